The smallest absolute Gasteiger partial charge is 0.244 e. The Morgan fingerprint density at radius 2 is 1.50 bits per heavy atom. The van der Waals surface area contributed by atoms with Gasteiger partial charge in [-0.25, -0.2) is 8.42 Å². The maximum Gasteiger partial charge on any atom is 0.244 e. The predicted octanol–water partition coefficient (Wildman–Crippen LogP) is 3.95. The number of sulfonamides is 1. The van der Waals surface area contributed by atoms with Gasteiger partial charge < -0.3 is 5.32 Å². The molecular formula is C22H30N2O3S. The fraction of sp³-hybridized carbons (Fsp3) is 0.409. The highest BCUT2D eigenvalue weighted by atomic mass is 32.2. The van der Waals surface area contributed by atoms with E-state index in [2.05, 4.69) is 11.4 Å². The second kappa shape index (κ2) is 8.35. The topological polar surface area (TPSA) is 66.5 Å². The van der Waals surface area contributed by atoms with Crippen molar-refractivity contribution in [2.75, 3.05) is 10.6 Å². The Morgan fingerprint density at radius 1 is 0.929 bits per heavy atom. The second-order valence-electron chi connectivity index (χ2n) is 7.67. The summed E-state index contributed by atoms with van der Waals surface area (Å²) in [6.45, 7) is 11.4. The molecule has 0 aliphatic rings. The summed E-state index contributed by atoms with van der Waals surface area (Å²) in [6, 6.07) is 10.5. The van der Waals surface area contributed by atoms with Gasteiger partial charge in [0.15, 0.2) is 0 Å². The van der Waals surface area contributed by atoms with E-state index in [1.165, 1.54) is 4.31 Å². The van der Waals surface area contributed by atoms with Gasteiger partial charge in [0.25, 0.3) is 0 Å². The number of carbonyl (C=O) groups excluding carboxylic acids is 1. The number of anilines is 1. The van der Waals surface area contributed by atoms with Gasteiger partial charge in [0.2, 0.25) is 15.9 Å². The van der Waals surface area contributed by atoms with Crippen LogP contribution in [0.3, 0.4) is 0 Å². The molecule has 5 nitrogen and oxygen atoms in total. The maximum absolute atomic E-state index is 12.9. The van der Waals surface area contributed by atoms with Crippen molar-refractivity contribution < 1.29 is 13.2 Å². The lowest BCUT2D eigenvalue weighted by Crippen LogP contribution is -2.48. The highest BCUT2D eigenvalue weighted by Gasteiger charge is 2.30. The molecule has 0 saturated carbocycles. The Labute approximate surface area is 168 Å². The van der Waals surface area contributed by atoms with Crippen molar-refractivity contribution in [2.45, 2.75) is 53.6 Å². The average molecular weight is 403 g/mol. The molecule has 28 heavy (non-hydrogen) atoms. The molecule has 1 amide bonds. The number of amides is 1. The first kappa shape index (κ1) is 22.0. The van der Waals surface area contributed by atoms with Crippen molar-refractivity contribution in [2.24, 2.45) is 0 Å². The van der Waals surface area contributed by atoms with Gasteiger partial charge in [0.1, 0.15) is 6.04 Å². The molecule has 2 atom stereocenters. The van der Waals surface area contributed by atoms with Crippen molar-refractivity contribution in [3.63, 3.8) is 0 Å². The lowest BCUT2D eigenvalue weighted by atomic mass is 10.00. The second-order valence-corrected chi connectivity index (χ2v) is 9.53. The standard InChI is InChI=1S/C22H30N2O3S/c1-14-8-9-21(17(4)11-14)18(5)23-22(25)19(6)24(28(7,26)27)20-12-15(2)10-16(3)13-20/h8-13,18-19H,1-7H3,(H,23,25)/t18-,19-/m1/s1. The van der Waals surface area contributed by atoms with Gasteiger partial charge >= 0.3 is 0 Å². The number of nitrogens with zero attached hydrogens (tertiary/aromatic N) is 1. The number of aryl methyl sites for hydroxylation is 4. The summed E-state index contributed by atoms with van der Waals surface area (Å²) in [5, 5.41) is 2.96. The molecule has 152 valence electrons. The molecule has 0 bridgehead atoms. The quantitative estimate of drug-likeness (QED) is 0.795. The average Bonchev–Trinajstić information content (AvgIpc) is 2.52. The largest absolute Gasteiger partial charge is 0.348 e. The van der Waals surface area contributed by atoms with Crippen LogP contribution in [-0.4, -0.2) is 26.6 Å². The lowest BCUT2D eigenvalue weighted by Gasteiger charge is -2.30. The lowest BCUT2D eigenvalue weighted by molar-refractivity contribution is -0.122. The summed E-state index contributed by atoms with van der Waals surface area (Å²) in [5.41, 5.74) is 5.66. The number of hydrogen-bond donors (Lipinski definition) is 1. The third-order valence-corrected chi connectivity index (χ3v) is 6.04. The van der Waals surface area contributed by atoms with Crippen molar-refractivity contribution in [1.29, 1.82) is 0 Å². The van der Waals surface area contributed by atoms with Gasteiger partial charge in [-0.1, -0.05) is 29.8 Å². The first-order valence-electron chi connectivity index (χ1n) is 9.35. The summed E-state index contributed by atoms with van der Waals surface area (Å²) in [4.78, 5) is 12.9. The highest BCUT2D eigenvalue weighted by molar-refractivity contribution is 7.92. The van der Waals surface area contributed by atoms with E-state index in [0.29, 0.717) is 5.69 Å². The minimum Gasteiger partial charge on any atom is -0.348 e. The van der Waals surface area contributed by atoms with E-state index in [1.54, 1.807) is 19.1 Å². The molecule has 2 rings (SSSR count). The molecule has 0 heterocycles. The number of benzene rings is 2. The molecule has 0 saturated heterocycles. The van der Waals surface area contributed by atoms with Crippen molar-refractivity contribution in [3.8, 4) is 0 Å². The molecular weight excluding hydrogens is 372 g/mol. The Morgan fingerprint density at radius 3 is 2.00 bits per heavy atom. The van der Waals surface area contributed by atoms with E-state index in [9.17, 15) is 13.2 Å². The minimum absolute atomic E-state index is 0.226. The summed E-state index contributed by atoms with van der Waals surface area (Å²) in [7, 11) is -3.64. The van der Waals surface area contributed by atoms with Crippen LogP contribution in [0.4, 0.5) is 5.69 Å². The van der Waals surface area contributed by atoms with Crippen molar-refractivity contribution in [1.82, 2.24) is 5.32 Å². The number of nitrogens with one attached hydrogen (secondary N) is 1. The van der Waals surface area contributed by atoms with E-state index in [0.717, 1.165) is 34.1 Å². The third kappa shape index (κ3) is 5.13. The van der Waals surface area contributed by atoms with Gasteiger partial charge in [0, 0.05) is 0 Å². The first-order chi connectivity index (χ1) is 12.9. The minimum atomic E-state index is -3.64. The van der Waals surface area contributed by atoms with Gasteiger partial charge in [-0.05, 0) is 75.9 Å². The molecule has 0 radical (unpaired) electrons. The van der Waals surface area contributed by atoms with Crippen LogP contribution >= 0.6 is 0 Å². The zero-order valence-electron chi connectivity index (χ0n) is 17.7. The summed E-state index contributed by atoms with van der Waals surface area (Å²) < 4.78 is 26.2. The molecule has 2 aromatic rings. The zero-order chi connectivity index (χ0) is 21.2. The molecule has 0 spiro atoms. The molecule has 2 aromatic carbocycles. The van der Waals surface area contributed by atoms with Crippen LogP contribution in [0.1, 0.15) is 47.7 Å². The molecule has 0 aliphatic carbocycles. The third-order valence-electron chi connectivity index (χ3n) is 4.80. The fourth-order valence-corrected chi connectivity index (χ4v) is 4.77. The Balaban J connectivity index is 2.31. The first-order valence-corrected chi connectivity index (χ1v) is 11.2. The molecule has 1 N–H and O–H groups in total. The van der Waals surface area contributed by atoms with Gasteiger partial charge in [-0.15, -0.1) is 0 Å². The SMILES string of the molecule is Cc1cc(C)cc(N([C@H](C)C(=O)N[C@H](C)c2ccc(C)cc2C)S(C)(=O)=O)c1. The van der Waals surface area contributed by atoms with Crippen LogP contribution in [0.5, 0.6) is 0 Å². The Kier molecular flexibility index (Phi) is 6.55. The molecule has 6 heteroatoms. The zero-order valence-corrected chi connectivity index (χ0v) is 18.5. The van der Waals surface area contributed by atoms with Crippen LogP contribution in [0.25, 0.3) is 0 Å². The number of hydrogen-bond acceptors (Lipinski definition) is 3. The van der Waals surface area contributed by atoms with E-state index in [1.807, 2.05) is 52.8 Å². The van der Waals surface area contributed by atoms with Crippen molar-refractivity contribution >= 4 is 21.6 Å². The van der Waals surface area contributed by atoms with Gasteiger partial charge in [0.05, 0.1) is 18.0 Å². The van der Waals surface area contributed by atoms with Gasteiger partial charge in [-0.2, -0.15) is 0 Å². The van der Waals surface area contributed by atoms with Crippen LogP contribution in [0, 0.1) is 27.7 Å². The van der Waals surface area contributed by atoms with E-state index in [-0.39, 0.29) is 11.9 Å². The summed E-state index contributed by atoms with van der Waals surface area (Å²) in [6.07, 6.45) is 1.13. The highest BCUT2D eigenvalue weighted by Crippen LogP contribution is 2.25. The van der Waals surface area contributed by atoms with Gasteiger partial charge in [-0.3, -0.25) is 9.10 Å². The van der Waals surface area contributed by atoms with E-state index < -0.39 is 16.1 Å². The fourth-order valence-electron chi connectivity index (χ4n) is 3.61. The monoisotopic (exact) mass is 402 g/mol. The van der Waals surface area contributed by atoms with Crippen LogP contribution in [0.15, 0.2) is 36.4 Å². The van der Waals surface area contributed by atoms with Crippen LogP contribution in [-0.2, 0) is 14.8 Å². The predicted molar refractivity (Wildman–Crippen MR) is 115 cm³/mol. The molecule has 0 fully saturated rings. The van der Waals surface area contributed by atoms with E-state index >= 15 is 0 Å². The van der Waals surface area contributed by atoms with E-state index in [4.69, 9.17) is 0 Å². The number of carbonyl (C=O) groups is 1. The number of rotatable bonds is 6. The molecule has 0 aliphatic heterocycles. The van der Waals surface area contributed by atoms with Crippen molar-refractivity contribution in [3.05, 3.63) is 64.2 Å². The Hall–Kier alpha value is -2.34. The Bertz CT molecular complexity index is 963. The maximum atomic E-state index is 12.9. The summed E-state index contributed by atoms with van der Waals surface area (Å²) in [5.74, 6) is -0.336. The summed E-state index contributed by atoms with van der Waals surface area (Å²) >= 11 is 0. The molecule has 0 aromatic heterocycles. The molecule has 0 unspecified atom stereocenters. The van der Waals surface area contributed by atoms with Crippen LogP contribution < -0.4 is 9.62 Å². The van der Waals surface area contributed by atoms with Crippen LogP contribution in [0.2, 0.25) is 0 Å². The normalized spacial score (nSPS) is 13.7.